The van der Waals surface area contributed by atoms with E-state index >= 15 is 0 Å². The first-order chi connectivity index (χ1) is 12.5. The molecule has 1 heterocycles. The van der Waals surface area contributed by atoms with Gasteiger partial charge in [0.05, 0.1) is 12.8 Å². The second-order valence-electron chi connectivity index (χ2n) is 5.28. The van der Waals surface area contributed by atoms with Gasteiger partial charge in [-0.2, -0.15) is 10.4 Å². The fourth-order valence-electron chi connectivity index (χ4n) is 2.10. The van der Waals surface area contributed by atoms with E-state index in [0.29, 0.717) is 16.8 Å². The smallest absolute Gasteiger partial charge is 0.278 e. The van der Waals surface area contributed by atoms with E-state index in [1.54, 1.807) is 13.0 Å². The molecular weight excluding hydrogens is 339 g/mol. The molecule has 1 N–H and O–H groups in total. The first-order valence-corrected chi connectivity index (χ1v) is 7.63. The lowest BCUT2D eigenvalue weighted by Gasteiger charge is -2.10. The van der Waals surface area contributed by atoms with Crippen molar-refractivity contribution in [3.8, 4) is 11.9 Å². The Labute approximate surface area is 150 Å². The number of carbonyl (C=O) groups is 1. The molecule has 2 aromatic rings. The highest BCUT2D eigenvalue weighted by atomic mass is 19.1. The second kappa shape index (κ2) is 9.25. The lowest BCUT2D eigenvalue weighted by Crippen LogP contribution is -2.25. The van der Waals surface area contributed by atoms with Crippen LogP contribution in [0, 0.1) is 24.1 Å². The third-order valence-electron chi connectivity index (χ3n) is 3.22. The molecule has 1 aromatic heterocycles. The first kappa shape index (κ1) is 19.0. The topological polar surface area (TPSA) is 96.6 Å². The molecule has 26 heavy (non-hydrogen) atoms. The predicted octanol–water partition coefficient (Wildman–Crippen LogP) is 2.08. The quantitative estimate of drug-likeness (QED) is 0.605. The zero-order valence-corrected chi connectivity index (χ0v) is 14.3. The fourth-order valence-corrected chi connectivity index (χ4v) is 2.10. The van der Waals surface area contributed by atoms with Crippen molar-refractivity contribution < 1.29 is 18.7 Å². The normalized spacial score (nSPS) is 10.5. The maximum Gasteiger partial charge on any atom is 0.278 e. The van der Waals surface area contributed by atoms with Crippen LogP contribution in [-0.2, 0) is 16.1 Å². The summed E-state index contributed by atoms with van der Waals surface area (Å²) >= 11 is 0. The SMILES string of the molecule is COCc1cc(C)nc(OCC(=O)NN=Cc2ccc(F)cc2)c1C#N. The molecule has 0 atom stereocenters. The van der Waals surface area contributed by atoms with Crippen molar-refractivity contribution in [1.29, 1.82) is 5.26 Å². The highest BCUT2D eigenvalue weighted by molar-refractivity contribution is 5.82. The van der Waals surface area contributed by atoms with Gasteiger partial charge in [-0.3, -0.25) is 4.79 Å². The molecule has 0 saturated carbocycles. The molecule has 0 aliphatic rings. The minimum absolute atomic E-state index is 0.0669. The van der Waals surface area contributed by atoms with Crippen LogP contribution in [0.5, 0.6) is 5.88 Å². The minimum Gasteiger partial charge on any atom is -0.467 e. The molecule has 0 bridgehead atoms. The first-order valence-electron chi connectivity index (χ1n) is 7.63. The van der Waals surface area contributed by atoms with Crippen molar-refractivity contribution in [2.45, 2.75) is 13.5 Å². The maximum absolute atomic E-state index is 12.8. The molecular formula is C18H17FN4O3. The molecule has 2 rings (SSSR count). The number of methoxy groups -OCH3 is 1. The average molecular weight is 356 g/mol. The van der Waals surface area contributed by atoms with Crippen molar-refractivity contribution >= 4 is 12.1 Å². The summed E-state index contributed by atoms with van der Waals surface area (Å²) in [7, 11) is 1.52. The minimum atomic E-state index is -0.524. The van der Waals surface area contributed by atoms with E-state index in [0.717, 1.165) is 0 Å². The molecule has 1 aromatic carbocycles. The number of halogens is 1. The number of aryl methyl sites for hydroxylation is 1. The molecule has 7 nitrogen and oxygen atoms in total. The van der Waals surface area contributed by atoms with Gasteiger partial charge in [0.25, 0.3) is 5.91 Å². The summed E-state index contributed by atoms with van der Waals surface area (Å²) < 4.78 is 23.2. The van der Waals surface area contributed by atoms with Crippen LogP contribution >= 0.6 is 0 Å². The van der Waals surface area contributed by atoms with Crippen molar-refractivity contribution in [1.82, 2.24) is 10.4 Å². The lowest BCUT2D eigenvalue weighted by molar-refractivity contribution is -0.123. The molecule has 8 heteroatoms. The van der Waals surface area contributed by atoms with Crippen molar-refractivity contribution in [3.63, 3.8) is 0 Å². The fraction of sp³-hybridized carbons (Fsp3) is 0.222. The molecule has 1 amide bonds. The Morgan fingerprint density at radius 3 is 2.81 bits per heavy atom. The number of nitrogens with one attached hydrogen (secondary N) is 1. The van der Waals surface area contributed by atoms with Gasteiger partial charge in [0, 0.05) is 18.4 Å². The number of pyridine rings is 1. The van der Waals surface area contributed by atoms with Crippen molar-refractivity contribution in [3.05, 3.63) is 58.5 Å². The van der Waals surface area contributed by atoms with E-state index in [1.165, 1.54) is 37.6 Å². The summed E-state index contributed by atoms with van der Waals surface area (Å²) in [6, 6.07) is 9.36. The third kappa shape index (κ3) is 5.36. The zero-order valence-electron chi connectivity index (χ0n) is 14.3. The van der Waals surface area contributed by atoms with E-state index < -0.39 is 5.91 Å². The molecule has 0 aliphatic heterocycles. The van der Waals surface area contributed by atoms with Crippen LogP contribution in [0.2, 0.25) is 0 Å². The van der Waals surface area contributed by atoms with Crippen LogP contribution in [-0.4, -0.2) is 30.8 Å². The Kier molecular flexibility index (Phi) is 6.76. The van der Waals surface area contributed by atoms with Gasteiger partial charge in [0.2, 0.25) is 5.88 Å². The molecule has 0 spiro atoms. The number of hydrogen-bond donors (Lipinski definition) is 1. The Hall–Kier alpha value is -3.31. The summed E-state index contributed by atoms with van der Waals surface area (Å²) in [4.78, 5) is 16.0. The van der Waals surface area contributed by atoms with E-state index in [-0.39, 0.29) is 30.5 Å². The Bertz CT molecular complexity index is 845. The predicted molar refractivity (Wildman–Crippen MR) is 92.0 cm³/mol. The van der Waals surface area contributed by atoms with Gasteiger partial charge in [-0.1, -0.05) is 12.1 Å². The summed E-state index contributed by atoms with van der Waals surface area (Å²) in [6.07, 6.45) is 1.37. The van der Waals surface area contributed by atoms with E-state index in [1.807, 2.05) is 6.07 Å². The van der Waals surface area contributed by atoms with E-state index in [9.17, 15) is 14.4 Å². The number of benzene rings is 1. The Morgan fingerprint density at radius 1 is 1.42 bits per heavy atom. The number of hydrogen-bond acceptors (Lipinski definition) is 6. The third-order valence-corrected chi connectivity index (χ3v) is 3.22. The molecule has 0 aliphatic carbocycles. The molecule has 134 valence electrons. The van der Waals surface area contributed by atoms with E-state index in [2.05, 4.69) is 15.5 Å². The number of aromatic nitrogens is 1. The van der Waals surface area contributed by atoms with Crippen LogP contribution in [0.4, 0.5) is 4.39 Å². The number of rotatable bonds is 7. The highest BCUT2D eigenvalue weighted by Gasteiger charge is 2.14. The monoisotopic (exact) mass is 356 g/mol. The Balaban J connectivity index is 1.96. The number of amides is 1. The van der Waals surface area contributed by atoms with E-state index in [4.69, 9.17) is 9.47 Å². The van der Waals surface area contributed by atoms with Gasteiger partial charge >= 0.3 is 0 Å². The highest BCUT2D eigenvalue weighted by Crippen LogP contribution is 2.21. The van der Waals surface area contributed by atoms with Gasteiger partial charge in [-0.05, 0) is 30.7 Å². The summed E-state index contributed by atoms with van der Waals surface area (Å²) in [5.74, 6) is -0.813. The van der Waals surface area contributed by atoms with Gasteiger partial charge < -0.3 is 9.47 Å². The molecule has 0 saturated heterocycles. The number of hydrazone groups is 1. The molecule has 0 unspecified atom stereocenters. The second-order valence-corrected chi connectivity index (χ2v) is 5.28. The number of carbonyl (C=O) groups excluding carboxylic acids is 1. The zero-order chi connectivity index (χ0) is 18.9. The Morgan fingerprint density at radius 2 is 2.15 bits per heavy atom. The maximum atomic E-state index is 12.8. The molecule has 0 fully saturated rings. The average Bonchev–Trinajstić information content (AvgIpc) is 2.62. The standard InChI is InChI=1S/C18H17FN4O3/c1-12-7-14(10-25-2)16(8-20)18(22-12)26-11-17(24)23-21-9-13-3-5-15(19)6-4-13/h3-7,9H,10-11H2,1-2H3,(H,23,24). The summed E-state index contributed by atoms with van der Waals surface area (Å²) in [6.45, 7) is 1.62. The van der Waals surface area contributed by atoms with Gasteiger partial charge in [0.1, 0.15) is 17.4 Å². The number of nitrogens with zero attached hydrogens (tertiary/aromatic N) is 3. The molecule has 0 radical (unpaired) electrons. The van der Waals surface area contributed by atoms with Crippen LogP contribution in [0.25, 0.3) is 0 Å². The van der Waals surface area contributed by atoms with Crippen LogP contribution in [0.15, 0.2) is 35.4 Å². The van der Waals surface area contributed by atoms with Gasteiger partial charge in [-0.15, -0.1) is 0 Å². The number of ether oxygens (including phenoxy) is 2. The largest absolute Gasteiger partial charge is 0.467 e. The van der Waals surface area contributed by atoms with Crippen LogP contribution in [0.1, 0.15) is 22.4 Å². The number of nitriles is 1. The van der Waals surface area contributed by atoms with Gasteiger partial charge in [-0.25, -0.2) is 14.8 Å². The van der Waals surface area contributed by atoms with Crippen LogP contribution in [0.3, 0.4) is 0 Å². The van der Waals surface area contributed by atoms with Crippen molar-refractivity contribution in [2.75, 3.05) is 13.7 Å². The van der Waals surface area contributed by atoms with Crippen LogP contribution < -0.4 is 10.2 Å². The summed E-state index contributed by atoms with van der Waals surface area (Å²) in [5, 5.41) is 13.1. The van der Waals surface area contributed by atoms with Gasteiger partial charge in [0.15, 0.2) is 6.61 Å². The summed E-state index contributed by atoms with van der Waals surface area (Å²) in [5.41, 5.74) is 4.41. The lowest BCUT2D eigenvalue weighted by atomic mass is 10.1. The van der Waals surface area contributed by atoms with Crippen molar-refractivity contribution in [2.24, 2.45) is 5.10 Å².